The molecule has 3 rings (SSSR count). The van der Waals surface area contributed by atoms with Crippen LogP contribution in [0.4, 0.5) is 5.69 Å². The number of carbonyl (C=O) groups excluding carboxylic acids is 1. The Balaban J connectivity index is 1.98. The fourth-order valence-electron chi connectivity index (χ4n) is 3.52. The molecule has 1 N–H and O–H groups in total. The average Bonchev–Trinajstić information content (AvgIpc) is 2.61. The highest BCUT2D eigenvalue weighted by Crippen LogP contribution is 2.31. The number of hydrogen-bond acceptors (Lipinski definition) is 6. The molecule has 0 bridgehead atoms. The number of aryl methyl sites for hydroxylation is 1. The maximum atomic E-state index is 12.5. The van der Waals surface area contributed by atoms with Crippen molar-refractivity contribution < 1.29 is 14.6 Å². The molecule has 0 unspecified atom stereocenters. The summed E-state index contributed by atoms with van der Waals surface area (Å²) in [5, 5.41) is 10.6. The topological polar surface area (TPSA) is 65.9 Å². The van der Waals surface area contributed by atoms with Gasteiger partial charge in [0.05, 0.1) is 23.9 Å². The van der Waals surface area contributed by atoms with Gasteiger partial charge in [0.25, 0.3) is 0 Å². The minimum Gasteiger partial charge on any atom is -0.462 e. The number of benzene rings is 1. The lowest BCUT2D eigenvalue weighted by molar-refractivity contribution is 0.0526. The van der Waals surface area contributed by atoms with E-state index in [1.54, 1.807) is 6.20 Å². The molecule has 2 aromatic rings. The molecule has 6 heteroatoms. The van der Waals surface area contributed by atoms with E-state index in [1.807, 2.05) is 32.9 Å². The third-order valence-corrected chi connectivity index (χ3v) is 4.70. The number of carbonyl (C=O) groups is 1. The second-order valence-electron chi connectivity index (χ2n) is 6.90. The van der Waals surface area contributed by atoms with Crippen molar-refractivity contribution >= 4 is 22.6 Å². The Morgan fingerprint density at radius 1 is 1.31 bits per heavy atom. The molecule has 1 atom stereocenters. The molecule has 1 aliphatic rings. The molecule has 1 saturated heterocycles. The normalized spacial score (nSPS) is 16.7. The number of anilines is 1. The van der Waals surface area contributed by atoms with Gasteiger partial charge in [-0.25, -0.2) is 4.79 Å². The SMILES string of the molecule is CCOC(=O)c1cnc2ccc(C)cc2c1N1CCN(C[C@@H](C)O)CC1. The van der Waals surface area contributed by atoms with Gasteiger partial charge in [-0.1, -0.05) is 11.6 Å². The summed E-state index contributed by atoms with van der Waals surface area (Å²) in [6.07, 6.45) is 1.30. The van der Waals surface area contributed by atoms with Gasteiger partial charge in [0.15, 0.2) is 0 Å². The highest BCUT2D eigenvalue weighted by molar-refractivity contribution is 6.05. The molecule has 0 radical (unpaired) electrons. The number of fused-ring (bicyclic) bond motifs is 1. The molecule has 0 aliphatic carbocycles. The lowest BCUT2D eigenvalue weighted by atomic mass is 10.0. The smallest absolute Gasteiger partial charge is 0.341 e. The molecule has 6 nitrogen and oxygen atoms in total. The maximum Gasteiger partial charge on any atom is 0.341 e. The number of esters is 1. The first-order valence-corrected chi connectivity index (χ1v) is 9.21. The zero-order valence-corrected chi connectivity index (χ0v) is 15.7. The molecular weight excluding hydrogens is 330 g/mol. The first-order chi connectivity index (χ1) is 12.5. The standard InChI is InChI=1S/C20H27N3O3/c1-4-26-20(25)17-12-21-18-6-5-14(2)11-16(18)19(17)23-9-7-22(8-10-23)13-15(3)24/h5-6,11-12,15,24H,4,7-10,13H2,1-3H3/t15-/m1/s1. The lowest BCUT2D eigenvalue weighted by Crippen LogP contribution is -2.48. The van der Waals surface area contributed by atoms with E-state index in [4.69, 9.17) is 4.74 Å². The van der Waals surface area contributed by atoms with Crippen molar-refractivity contribution in [2.24, 2.45) is 0 Å². The van der Waals surface area contributed by atoms with Crippen LogP contribution < -0.4 is 4.90 Å². The Morgan fingerprint density at radius 2 is 2.04 bits per heavy atom. The van der Waals surface area contributed by atoms with Crippen LogP contribution in [0.1, 0.15) is 29.8 Å². The van der Waals surface area contributed by atoms with E-state index in [2.05, 4.69) is 20.9 Å². The Bertz CT molecular complexity index is 783. The van der Waals surface area contributed by atoms with Crippen LogP contribution in [0.15, 0.2) is 24.4 Å². The van der Waals surface area contributed by atoms with Crippen LogP contribution in [-0.4, -0.2) is 66.4 Å². The van der Waals surface area contributed by atoms with Gasteiger partial charge >= 0.3 is 5.97 Å². The van der Waals surface area contributed by atoms with Crippen LogP contribution in [-0.2, 0) is 4.74 Å². The third-order valence-electron chi connectivity index (χ3n) is 4.70. The van der Waals surface area contributed by atoms with E-state index in [0.29, 0.717) is 18.7 Å². The third kappa shape index (κ3) is 3.97. The summed E-state index contributed by atoms with van der Waals surface area (Å²) in [6.45, 7) is 9.97. The number of β-amino-alcohol motifs (C(OH)–C–C–N with tert-alkyl or cyclic N) is 1. The van der Waals surface area contributed by atoms with Gasteiger partial charge < -0.3 is 14.7 Å². The van der Waals surface area contributed by atoms with Crippen LogP contribution in [0, 0.1) is 6.92 Å². The Labute approximate surface area is 154 Å². The first-order valence-electron chi connectivity index (χ1n) is 9.21. The van der Waals surface area contributed by atoms with Gasteiger partial charge in [-0.2, -0.15) is 0 Å². The van der Waals surface area contributed by atoms with E-state index in [-0.39, 0.29) is 12.1 Å². The molecule has 1 aromatic carbocycles. The number of aromatic nitrogens is 1. The van der Waals surface area contributed by atoms with Gasteiger partial charge in [-0.05, 0) is 32.9 Å². The summed E-state index contributed by atoms with van der Waals surface area (Å²) in [5.41, 5.74) is 3.45. The molecule has 0 saturated carbocycles. The van der Waals surface area contributed by atoms with Gasteiger partial charge in [-0.15, -0.1) is 0 Å². The number of rotatable bonds is 5. The van der Waals surface area contributed by atoms with Crippen LogP contribution in [0.25, 0.3) is 10.9 Å². The van der Waals surface area contributed by atoms with E-state index in [0.717, 1.165) is 48.3 Å². The maximum absolute atomic E-state index is 12.5. The summed E-state index contributed by atoms with van der Waals surface area (Å²) >= 11 is 0. The van der Waals surface area contributed by atoms with Crippen LogP contribution >= 0.6 is 0 Å². The molecular formula is C20H27N3O3. The quantitative estimate of drug-likeness (QED) is 0.828. The molecule has 1 aromatic heterocycles. The van der Waals surface area contributed by atoms with Crippen LogP contribution in [0.5, 0.6) is 0 Å². The predicted molar refractivity (Wildman–Crippen MR) is 103 cm³/mol. The largest absolute Gasteiger partial charge is 0.462 e. The molecule has 26 heavy (non-hydrogen) atoms. The zero-order chi connectivity index (χ0) is 18.7. The van der Waals surface area contributed by atoms with Crippen molar-refractivity contribution in [2.45, 2.75) is 26.9 Å². The Kier molecular flexibility index (Phi) is 5.74. The minimum absolute atomic E-state index is 0.329. The van der Waals surface area contributed by atoms with Gasteiger partial charge in [0.2, 0.25) is 0 Å². The highest BCUT2D eigenvalue weighted by atomic mass is 16.5. The average molecular weight is 357 g/mol. The molecule has 1 aliphatic heterocycles. The first kappa shape index (κ1) is 18.6. The molecule has 140 valence electrons. The number of nitrogens with zero attached hydrogens (tertiary/aromatic N) is 3. The zero-order valence-electron chi connectivity index (χ0n) is 15.7. The minimum atomic E-state index is -0.332. The summed E-state index contributed by atoms with van der Waals surface area (Å²) in [4.78, 5) is 21.5. The van der Waals surface area contributed by atoms with E-state index in [9.17, 15) is 9.90 Å². The van der Waals surface area contributed by atoms with Crippen LogP contribution in [0.3, 0.4) is 0 Å². The number of aliphatic hydroxyl groups is 1. The van der Waals surface area contributed by atoms with E-state index in [1.165, 1.54) is 0 Å². The van der Waals surface area contributed by atoms with Crippen molar-refractivity contribution in [3.05, 3.63) is 35.5 Å². The van der Waals surface area contributed by atoms with Crippen molar-refractivity contribution in [3.8, 4) is 0 Å². The molecule has 1 fully saturated rings. The summed E-state index contributed by atoms with van der Waals surface area (Å²) in [5.74, 6) is -0.329. The van der Waals surface area contributed by atoms with E-state index >= 15 is 0 Å². The predicted octanol–water partition coefficient (Wildman–Crippen LogP) is 2.22. The van der Waals surface area contributed by atoms with Crippen molar-refractivity contribution in [3.63, 3.8) is 0 Å². The van der Waals surface area contributed by atoms with Crippen molar-refractivity contribution in [1.82, 2.24) is 9.88 Å². The van der Waals surface area contributed by atoms with E-state index < -0.39 is 0 Å². The fraction of sp³-hybridized carbons (Fsp3) is 0.500. The van der Waals surface area contributed by atoms with Gasteiger partial charge in [0.1, 0.15) is 5.56 Å². The summed E-state index contributed by atoms with van der Waals surface area (Å²) < 4.78 is 5.26. The monoisotopic (exact) mass is 357 g/mol. The second-order valence-corrected chi connectivity index (χ2v) is 6.90. The summed E-state index contributed by atoms with van der Waals surface area (Å²) in [6, 6.07) is 6.11. The molecule has 2 heterocycles. The number of ether oxygens (including phenoxy) is 1. The number of aliphatic hydroxyl groups excluding tert-OH is 1. The van der Waals surface area contributed by atoms with Crippen molar-refractivity contribution in [1.29, 1.82) is 0 Å². The fourth-order valence-corrected chi connectivity index (χ4v) is 3.52. The second kappa shape index (κ2) is 8.01. The number of hydrogen-bond donors (Lipinski definition) is 1. The van der Waals surface area contributed by atoms with Gasteiger partial charge in [0, 0.05) is 44.3 Å². The highest BCUT2D eigenvalue weighted by Gasteiger charge is 2.25. The molecule has 0 spiro atoms. The van der Waals surface area contributed by atoms with Gasteiger partial charge in [-0.3, -0.25) is 9.88 Å². The van der Waals surface area contributed by atoms with Crippen molar-refractivity contribution in [2.75, 3.05) is 44.2 Å². The Hall–Kier alpha value is -2.18. The Morgan fingerprint density at radius 3 is 2.69 bits per heavy atom. The summed E-state index contributed by atoms with van der Waals surface area (Å²) in [7, 11) is 0. The van der Waals surface area contributed by atoms with Crippen LogP contribution in [0.2, 0.25) is 0 Å². The number of piperazine rings is 1. The number of pyridine rings is 1. The molecule has 0 amide bonds. The lowest BCUT2D eigenvalue weighted by Gasteiger charge is -2.37.